The molecule has 0 aromatic heterocycles. The fourth-order valence-electron chi connectivity index (χ4n) is 0. The van der Waals surface area contributed by atoms with Crippen LogP contribution in [0.5, 0.6) is 0 Å². The molecule has 0 saturated heterocycles. The number of rotatable bonds is 0. The second-order valence-corrected chi connectivity index (χ2v) is 1.73. The average molecular weight is 74.0 g/mol. The minimum Gasteiger partial charge on any atom is -1.00 e. The van der Waals surface area contributed by atoms with Gasteiger partial charge in [-0.1, -0.05) is 20.8 Å². The van der Waals surface area contributed by atoms with Crippen molar-refractivity contribution in [3.8, 4) is 0 Å². The maximum Gasteiger partial charge on any atom is 1.00 e. The second kappa shape index (κ2) is 9.50. The van der Waals surface area contributed by atoms with Gasteiger partial charge >= 0.3 is 37.7 Å². The van der Waals surface area contributed by atoms with Crippen molar-refractivity contribution in [1.29, 1.82) is 0 Å². The summed E-state index contributed by atoms with van der Waals surface area (Å²) in [4.78, 5) is 0. The first-order valence-corrected chi connectivity index (χ1v) is 1.73. The Kier molecular flexibility index (Phi) is 24.8. The van der Waals surface area contributed by atoms with Gasteiger partial charge in [0.1, 0.15) is 0 Å². The van der Waals surface area contributed by atoms with Crippen LogP contribution in [0.15, 0.2) is 0 Å². The molecule has 0 saturated carbocycles. The zero-order valence-corrected chi connectivity index (χ0v) is 5.58. The standard InChI is InChI=1S/C4H10.2Li.2H/c1-4(2)3;;;;/h4H,1-3H3;;;;/q;2*+1;2*-1. The Balaban J connectivity index is -0.00000000750. The molecule has 0 fully saturated rings. The van der Waals surface area contributed by atoms with E-state index in [-0.39, 0.29) is 40.6 Å². The molecule has 0 spiro atoms. The van der Waals surface area contributed by atoms with Crippen LogP contribution in [0.2, 0.25) is 0 Å². The molecule has 0 rings (SSSR count). The zero-order chi connectivity index (χ0) is 3.58. The maximum atomic E-state index is 2.17. The molecule has 30 valence electrons. The number of hydrogen-bond donors (Lipinski definition) is 0. The van der Waals surface area contributed by atoms with E-state index in [0.29, 0.717) is 0 Å². The maximum absolute atomic E-state index is 2.17. The van der Waals surface area contributed by atoms with Gasteiger partial charge in [-0.05, 0) is 5.92 Å². The molecular weight excluding hydrogens is 61.9 g/mol. The van der Waals surface area contributed by atoms with Gasteiger partial charge in [0.25, 0.3) is 0 Å². The van der Waals surface area contributed by atoms with Gasteiger partial charge in [-0.3, -0.25) is 0 Å². The molecule has 0 radical (unpaired) electrons. The summed E-state index contributed by atoms with van der Waals surface area (Å²) < 4.78 is 0. The van der Waals surface area contributed by atoms with E-state index in [1.54, 1.807) is 0 Å². The summed E-state index contributed by atoms with van der Waals surface area (Å²) in [6.45, 7) is 6.50. The van der Waals surface area contributed by atoms with Crippen LogP contribution >= 0.6 is 0 Å². The van der Waals surface area contributed by atoms with Crippen molar-refractivity contribution >= 4 is 0 Å². The van der Waals surface area contributed by atoms with Crippen molar-refractivity contribution < 1.29 is 40.6 Å². The molecule has 0 aromatic rings. The van der Waals surface area contributed by atoms with E-state index in [2.05, 4.69) is 20.8 Å². The van der Waals surface area contributed by atoms with E-state index < -0.39 is 0 Å². The average Bonchev–Trinajstić information content (AvgIpc) is 0.811. The van der Waals surface area contributed by atoms with Crippen LogP contribution in [0.3, 0.4) is 0 Å². The van der Waals surface area contributed by atoms with E-state index in [4.69, 9.17) is 0 Å². The fourth-order valence-corrected chi connectivity index (χ4v) is 0. The van der Waals surface area contributed by atoms with Crippen molar-refractivity contribution in [1.82, 2.24) is 0 Å². The molecule has 0 aliphatic heterocycles. The van der Waals surface area contributed by atoms with Gasteiger partial charge in [0.15, 0.2) is 0 Å². The van der Waals surface area contributed by atoms with Crippen LogP contribution in [-0.2, 0) is 0 Å². The largest absolute Gasteiger partial charge is 1.00 e. The quantitative estimate of drug-likeness (QED) is 0.256. The summed E-state index contributed by atoms with van der Waals surface area (Å²) in [6, 6.07) is 0. The van der Waals surface area contributed by atoms with Gasteiger partial charge in [-0.2, -0.15) is 0 Å². The minimum absolute atomic E-state index is 0. The zero-order valence-electron chi connectivity index (χ0n) is 7.58. The smallest absolute Gasteiger partial charge is 1.00 e. The summed E-state index contributed by atoms with van der Waals surface area (Å²) in [5.74, 6) is 0.833. The second-order valence-electron chi connectivity index (χ2n) is 1.73. The first-order valence-electron chi connectivity index (χ1n) is 1.73. The summed E-state index contributed by atoms with van der Waals surface area (Å²) in [6.07, 6.45) is 0. The van der Waals surface area contributed by atoms with E-state index >= 15 is 0 Å². The van der Waals surface area contributed by atoms with Gasteiger partial charge < -0.3 is 2.85 Å². The SMILES string of the molecule is CC(C)C.[H-].[H-].[Li+].[Li+]. The van der Waals surface area contributed by atoms with Gasteiger partial charge in [-0.25, -0.2) is 0 Å². The Hall–Kier alpha value is 1.19. The first-order chi connectivity index (χ1) is 1.73. The van der Waals surface area contributed by atoms with Crippen molar-refractivity contribution in [2.45, 2.75) is 20.8 Å². The topological polar surface area (TPSA) is 0 Å². The molecule has 0 bridgehead atoms. The van der Waals surface area contributed by atoms with Crippen molar-refractivity contribution in [3.05, 3.63) is 0 Å². The molecule has 2 heteroatoms. The van der Waals surface area contributed by atoms with Crippen LogP contribution in [0.1, 0.15) is 23.6 Å². The third-order valence-electron chi connectivity index (χ3n) is 0. The Bertz CT molecular complexity index is 16.8. The Morgan fingerprint density at radius 1 is 1.00 bits per heavy atom. The summed E-state index contributed by atoms with van der Waals surface area (Å²) in [7, 11) is 0. The Morgan fingerprint density at radius 2 is 1.00 bits per heavy atom. The molecule has 0 N–H and O–H groups in total. The van der Waals surface area contributed by atoms with Gasteiger partial charge in [0.2, 0.25) is 0 Å². The molecule has 0 amide bonds. The molecule has 0 nitrogen and oxygen atoms in total. The molecule has 0 aromatic carbocycles. The van der Waals surface area contributed by atoms with Crippen LogP contribution in [0.25, 0.3) is 0 Å². The first kappa shape index (κ1) is 15.7. The molecule has 0 aliphatic rings. The van der Waals surface area contributed by atoms with E-state index in [0.717, 1.165) is 5.92 Å². The fraction of sp³-hybridized carbons (Fsp3) is 1.00. The van der Waals surface area contributed by atoms with E-state index in [9.17, 15) is 0 Å². The van der Waals surface area contributed by atoms with Crippen LogP contribution in [-0.4, -0.2) is 0 Å². The van der Waals surface area contributed by atoms with Crippen LogP contribution in [0, 0.1) is 5.92 Å². The molecule has 6 heavy (non-hydrogen) atoms. The van der Waals surface area contributed by atoms with Gasteiger partial charge in [0.05, 0.1) is 0 Å². The Morgan fingerprint density at radius 3 is 1.00 bits per heavy atom. The monoisotopic (exact) mass is 74.1 g/mol. The third kappa shape index (κ3) is 64.0. The van der Waals surface area contributed by atoms with Gasteiger partial charge in [0, 0.05) is 0 Å². The van der Waals surface area contributed by atoms with E-state index in [1.807, 2.05) is 0 Å². The normalized spacial score (nSPS) is 6.00. The molecule has 0 unspecified atom stereocenters. The molecule has 0 atom stereocenters. The van der Waals surface area contributed by atoms with Crippen molar-refractivity contribution in [2.75, 3.05) is 0 Å². The number of hydrogen-bond acceptors (Lipinski definition) is 0. The summed E-state index contributed by atoms with van der Waals surface area (Å²) >= 11 is 0. The molecule has 0 aliphatic carbocycles. The van der Waals surface area contributed by atoms with Crippen molar-refractivity contribution in [2.24, 2.45) is 5.92 Å². The van der Waals surface area contributed by atoms with Crippen LogP contribution < -0.4 is 37.7 Å². The predicted molar refractivity (Wildman–Crippen MR) is 22.7 cm³/mol. The van der Waals surface area contributed by atoms with E-state index in [1.165, 1.54) is 0 Å². The molecular formula is C4H12Li2. The van der Waals surface area contributed by atoms with Gasteiger partial charge in [-0.15, -0.1) is 0 Å². The predicted octanol–water partition coefficient (Wildman–Crippen LogP) is -4.10. The third-order valence-corrected chi connectivity index (χ3v) is 0. The van der Waals surface area contributed by atoms with Crippen LogP contribution in [0.4, 0.5) is 0 Å². The summed E-state index contributed by atoms with van der Waals surface area (Å²) in [5.41, 5.74) is 0. The minimum atomic E-state index is 0. The Labute approximate surface area is 67.4 Å². The molecule has 0 heterocycles. The summed E-state index contributed by atoms with van der Waals surface area (Å²) in [5, 5.41) is 0. The van der Waals surface area contributed by atoms with Crippen molar-refractivity contribution in [3.63, 3.8) is 0 Å².